The van der Waals surface area contributed by atoms with Gasteiger partial charge >= 0.3 is 0 Å². The van der Waals surface area contributed by atoms with Crippen LogP contribution < -0.4 is 10.1 Å². The van der Waals surface area contributed by atoms with Crippen LogP contribution in [0.4, 0.5) is 0 Å². The van der Waals surface area contributed by atoms with Gasteiger partial charge in [-0.05, 0) is 48.3 Å². The summed E-state index contributed by atoms with van der Waals surface area (Å²) in [5.74, 6) is 1.75. The van der Waals surface area contributed by atoms with E-state index in [-0.39, 0.29) is 5.41 Å². The zero-order chi connectivity index (χ0) is 14.9. The quantitative estimate of drug-likeness (QED) is 0.842. The molecule has 0 aromatic heterocycles. The van der Waals surface area contributed by atoms with E-state index in [9.17, 15) is 0 Å². The van der Waals surface area contributed by atoms with Gasteiger partial charge in [-0.1, -0.05) is 38.1 Å². The van der Waals surface area contributed by atoms with E-state index in [1.807, 2.05) is 0 Å². The highest BCUT2D eigenvalue weighted by Crippen LogP contribution is 2.35. The average molecular weight is 285 g/mol. The average Bonchev–Trinajstić information content (AvgIpc) is 3.05. The van der Waals surface area contributed by atoms with Crippen LogP contribution in [-0.4, -0.2) is 19.2 Å². The Hall–Kier alpha value is -1.28. The standard InChI is InChI=1S/C19H27NO/c1-4-8-19(2,3)12-17-11-16(13-20-17)14-5-6-18-15(10-14)7-9-21-18/h4-6,8,10,16-17,20H,7,9,11-13H2,1-3H3/b8-4+. The molecule has 1 aromatic rings. The Balaban J connectivity index is 1.64. The third-order valence-corrected chi connectivity index (χ3v) is 4.80. The molecular weight excluding hydrogens is 258 g/mol. The second-order valence-electron chi connectivity index (χ2n) is 7.20. The maximum absolute atomic E-state index is 5.61. The summed E-state index contributed by atoms with van der Waals surface area (Å²) in [7, 11) is 0. The number of hydrogen-bond acceptors (Lipinski definition) is 2. The normalized spacial score (nSPS) is 25.3. The SMILES string of the molecule is C/C=C/C(C)(C)CC1CC(c2ccc3c(c2)CCO3)CN1. The summed E-state index contributed by atoms with van der Waals surface area (Å²) in [5, 5.41) is 3.72. The van der Waals surface area contributed by atoms with Crippen molar-refractivity contribution in [3.05, 3.63) is 41.5 Å². The Kier molecular flexibility index (Phi) is 4.08. The number of allylic oxidation sites excluding steroid dienone is 2. The summed E-state index contributed by atoms with van der Waals surface area (Å²) >= 11 is 0. The number of fused-ring (bicyclic) bond motifs is 1. The van der Waals surface area contributed by atoms with Crippen molar-refractivity contribution < 1.29 is 4.74 Å². The predicted molar refractivity (Wildman–Crippen MR) is 88.0 cm³/mol. The lowest BCUT2D eigenvalue weighted by Gasteiger charge is -2.24. The van der Waals surface area contributed by atoms with Gasteiger partial charge in [0.15, 0.2) is 0 Å². The Morgan fingerprint density at radius 2 is 2.24 bits per heavy atom. The minimum Gasteiger partial charge on any atom is -0.493 e. The summed E-state index contributed by atoms with van der Waals surface area (Å²) in [6, 6.07) is 7.42. The van der Waals surface area contributed by atoms with Crippen molar-refractivity contribution in [3.63, 3.8) is 0 Å². The molecule has 0 spiro atoms. The molecule has 2 nitrogen and oxygen atoms in total. The molecule has 1 aromatic carbocycles. The summed E-state index contributed by atoms with van der Waals surface area (Å²) in [5.41, 5.74) is 3.16. The maximum atomic E-state index is 5.61. The topological polar surface area (TPSA) is 21.3 Å². The number of rotatable bonds is 4. The van der Waals surface area contributed by atoms with Crippen molar-refractivity contribution in [2.24, 2.45) is 5.41 Å². The molecular formula is C19H27NO. The van der Waals surface area contributed by atoms with Crippen LogP contribution in [0, 0.1) is 5.41 Å². The van der Waals surface area contributed by atoms with Gasteiger partial charge in [0.25, 0.3) is 0 Å². The first-order valence-electron chi connectivity index (χ1n) is 8.20. The number of ether oxygens (including phenoxy) is 1. The lowest BCUT2D eigenvalue weighted by Crippen LogP contribution is -2.27. The van der Waals surface area contributed by atoms with Crippen LogP contribution in [0.2, 0.25) is 0 Å². The van der Waals surface area contributed by atoms with Crippen molar-refractivity contribution in [3.8, 4) is 5.75 Å². The fourth-order valence-electron chi connectivity index (χ4n) is 3.84. The largest absolute Gasteiger partial charge is 0.493 e. The Morgan fingerprint density at radius 1 is 1.38 bits per heavy atom. The first kappa shape index (κ1) is 14.6. The van der Waals surface area contributed by atoms with Crippen molar-refractivity contribution in [2.45, 2.75) is 52.0 Å². The Labute approximate surface area is 128 Å². The molecule has 0 saturated carbocycles. The van der Waals surface area contributed by atoms with E-state index >= 15 is 0 Å². The number of nitrogens with one attached hydrogen (secondary N) is 1. The van der Waals surface area contributed by atoms with Crippen molar-refractivity contribution >= 4 is 0 Å². The Morgan fingerprint density at radius 3 is 3.05 bits per heavy atom. The van der Waals surface area contributed by atoms with Crippen molar-refractivity contribution in [2.75, 3.05) is 13.2 Å². The zero-order valence-corrected chi connectivity index (χ0v) is 13.5. The van der Waals surface area contributed by atoms with Gasteiger partial charge in [0, 0.05) is 19.0 Å². The molecule has 0 radical (unpaired) electrons. The highest BCUT2D eigenvalue weighted by molar-refractivity contribution is 5.41. The van der Waals surface area contributed by atoms with Gasteiger partial charge in [0.05, 0.1) is 6.61 Å². The molecule has 21 heavy (non-hydrogen) atoms. The summed E-state index contributed by atoms with van der Waals surface area (Å²) in [6.07, 6.45) is 8.03. The minimum absolute atomic E-state index is 0.285. The fourth-order valence-corrected chi connectivity index (χ4v) is 3.84. The van der Waals surface area contributed by atoms with Crippen LogP contribution in [0.3, 0.4) is 0 Å². The molecule has 1 saturated heterocycles. The van der Waals surface area contributed by atoms with Gasteiger partial charge < -0.3 is 10.1 Å². The first-order chi connectivity index (χ1) is 10.1. The minimum atomic E-state index is 0.285. The van der Waals surface area contributed by atoms with Crippen LogP contribution in [0.1, 0.15) is 50.7 Å². The molecule has 0 aliphatic carbocycles. The monoisotopic (exact) mass is 285 g/mol. The molecule has 2 heterocycles. The van der Waals surface area contributed by atoms with Gasteiger partial charge in [0.2, 0.25) is 0 Å². The van der Waals surface area contributed by atoms with Gasteiger partial charge in [-0.2, -0.15) is 0 Å². The van der Waals surface area contributed by atoms with E-state index in [4.69, 9.17) is 4.74 Å². The van der Waals surface area contributed by atoms with E-state index in [1.165, 1.54) is 24.0 Å². The lowest BCUT2D eigenvalue weighted by atomic mass is 9.83. The van der Waals surface area contributed by atoms with Crippen LogP contribution >= 0.6 is 0 Å². The van der Waals surface area contributed by atoms with Crippen LogP contribution in [-0.2, 0) is 6.42 Å². The molecule has 114 valence electrons. The number of hydrogen-bond donors (Lipinski definition) is 1. The highest BCUT2D eigenvalue weighted by atomic mass is 16.5. The van der Waals surface area contributed by atoms with Gasteiger partial charge in [-0.15, -0.1) is 0 Å². The van der Waals surface area contributed by atoms with E-state index in [0.29, 0.717) is 12.0 Å². The van der Waals surface area contributed by atoms with Gasteiger partial charge in [-0.25, -0.2) is 0 Å². The van der Waals surface area contributed by atoms with Gasteiger partial charge in [-0.3, -0.25) is 0 Å². The summed E-state index contributed by atoms with van der Waals surface area (Å²) < 4.78 is 5.61. The maximum Gasteiger partial charge on any atom is 0.122 e. The molecule has 1 N–H and O–H groups in total. The van der Waals surface area contributed by atoms with Crippen molar-refractivity contribution in [1.29, 1.82) is 0 Å². The van der Waals surface area contributed by atoms with Crippen LogP contribution in [0.5, 0.6) is 5.75 Å². The van der Waals surface area contributed by atoms with Crippen LogP contribution in [0.15, 0.2) is 30.4 Å². The Bertz CT molecular complexity index is 532. The van der Waals surface area contributed by atoms with E-state index in [0.717, 1.165) is 25.3 Å². The van der Waals surface area contributed by atoms with Gasteiger partial charge in [0.1, 0.15) is 5.75 Å². The van der Waals surface area contributed by atoms with E-state index in [1.54, 1.807) is 0 Å². The summed E-state index contributed by atoms with van der Waals surface area (Å²) in [6.45, 7) is 8.72. The molecule has 3 rings (SSSR count). The zero-order valence-electron chi connectivity index (χ0n) is 13.5. The smallest absolute Gasteiger partial charge is 0.122 e. The molecule has 0 amide bonds. The lowest BCUT2D eigenvalue weighted by molar-refractivity contribution is 0.357. The fraction of sp³-hybridized carbons (Fsp3) is 0.579. The van der Waals surface area contributed by atoms with Crippen molar-refractivity contribution in [1.82, 2.24) is 5.32 Å². The molecule has 2 unspecified atom stereocenters. The molecule has 2 aliphatic rings. The molecule has 2 heteroatoms. The second kappa shape index (κ2) is 5.84. The highest BCUT2D eigenvalue weighted by Gasteiger charge is 2.29. The number of benzene rings is 1. The third kappa shape index (κ3) is 3.32. The van der Waals surface area contributed by atoms with E-state index < -0.39 is 0 Å². The van der Waals surface area contributed by atoms with Crippen LogP contribution in [0.25, 0.3) is 0 Å². The molecule has 2 aliphatic heterocycles. The summed E-state index contributed by atoms with van der Waals surface area (Å²) in [4.78, 5) is 0. The van der Waals surface area contributed by atoms with E-state index in [2.05, 4.69) is 56.4 Å². The first-order valence-corrected chi connectivity index (χ1v) is 8.20. The second-order valence-corrected chi connectivity index (χ2v) is 7.20. The third-order valence-electron chi connectivity index (χ3n) is 4.80. The molecule has 1 fully saturated rings. The molecule has 2 atom stereocenters. The predicted octanol–water partition coefficient (Wildman–Crippen LogP) is 4.06. The molecule has 0 bridgehead atoms.